The zero-order valence-electron chi connectivity index (χ0n) is 20.7. The summed E-state index contributed by atoms with van der Waals surface area (Å²) < 4.78 is 16.4. The first kappa shape index (κ1) is 29.0. The van der Waals surface area contributed by atoms with Gasteiger partial charge in [0.1, 0.15) is 18.1 Å². The van der Waals surface area contributed by atoms with E-state index in [9.17, 15) is 0 Å². The molecule has 1 atom stereocenters. The lowest BCUT2D eigenvalue weighted by atomic mass is 10.1. The number of hydrogen-bond acceptors (Lipinski definition) is 5. The van der Waals surface area contributed by atoms with Gasteiger partial charge in [0.05, 0.1) is 26.3 Å². The lowest BCUT2D eigenvalue weighted by molar-refractivity contribution is 0.145. The number of rotatable bonds is 12. The Kier molecular flexibility index (Phi) is 13.8. The topological polar surface area (TPSA) is 67.4 Å². The summed E-state index contributed by atoms with van der Waals surface area (Å²) in [6.07, 6.45) is 0. The summed E-state index contributed by atoms with van der Waals surface area (Å²) in [5.41, 5.74) is 3.38. The van der Waals surface area contributed by atoms with Crippen molar-refractivity contribution in [2.24, 2.45) is 4.99 Å². The van der Waals surface area contributed by atoms with Crippen molar-refractivity contribution in [2.45, 2.75) is 26.4 Å². The number of halogens is 1. The molecule has 33 heavy (non-hydrogen) atoms. The number of aryl methyl sites for hydroxylation is 1. The Hall–Kier alpha value is -2.04. The van der Waals surface area contributed by atoms with Gasteiger partial charge in [-0.3, -0.25) is 0 Å². The molecule has 0 amide bonds. The van der Waals surface area contributed by atoms with Gasteiger partial charge < -0.3 is 29.7 Å². The van der Waals surface area contributed by atoms with Gasteiger partial charge in [-0.15, -0.1) is 24.0 Å². The molecule has 0 saturated heterocycles. The fourth-order valence-corrected chi connectivity index (χ4v) is 3.31. The van der Waals surface area contributed by atoms with Crippen LogP contribution in [0.15, 0.2) is 47.5 Å². The van der Waals surface area contributed by atoms with Gasteiger partial charge >= 0.3 is 0 Å². The minimum Gasteiger partial charge on any atom is -0.497 e. The van der Waals surface area contributed by atoms with E-state index in [1.807, 2.05) is 18.2 Å². The Morgan fingerprint density at radius 2 is 1.85 bits per heavy atom. The summed E-state index contributed by atoms with van der Waals surface area (Å²) in [5.74, 6) is 2.48. The molecule has 2 rings (SSSR count). The second kappa shape index (κ2) is 15.7. The average Bonchev–Trinajstić information content (AvgIpc) is 2.78. The van der Waals surface area contributed by atoms with Gasteiger partial charge in [0.15, 0.2) is 5.96 Å². The fourth-order valence-electron chi connectivity index (χ4n) is 3.31. The zero-order chi connectivity index (χ0) is 23.3. The van der Waals surface area contributed by atoms with Crippen LogP contribution in [0.3, 0.4) is 0 Å². The SMILES string of the molecule is CCNC(=NCc1ccc(C)cc1OCCOC)NCC(c1cccc(OC)c1)N(C)C.I. The summed E-state index contributed by atoms with van der Waals surface area (Å²) in [6, 6.07) is 14.5. The van der Waals surface area contributed by atoms with Crippen LogP contribution in [-0.4, -0.2) is 65.5 Å². The van der Waals surface area contributed by atoms with Gasteiger partial charge in [-0.2, -0.15) is 0 Å². The molecule has 0 heterocycles. The number of likely N-dealkylation sites (N-methyl/N-ethyl adjacent to an activating group) is 1. The van der Waals surface area contributed by atoms with Crippen molar-refractivity contribution in [2.75, 3.05) is 54.6 Å². The van der Waals surface area contributed by atoms with Crippen molar-refractivity contribution in [3.05, 3.63) is 59.2 Å². The van der Waals surface area contributed by atoms with Crippen LogP contribution in [0.5, 0.6) is 11.5 Å². The molecule has 0 saturated carbocycles. The number of ether oxygens (including phenoxy) is 3. The summed E-state index contributed by atoms with van der Waals surface area (Å²) in [4.78, 5) is 6.99. The van der Waals surface area contributed by atoms with E-state index in [0.29, 0.717) is 26.3 Å². The smallest absolute Gasteiger partial charge is 0.191 e. The maximum absolute atomic E-state index is 5.91. The standard InChI is InChI=1S/C25H38N4O3.HI/c1-7-26-25(27-17-21-12-11-19(2)15-24(21)32-14-13-30-5)28-18-23(29(3)4)20-9-8-10-22(16-20)31-6;/h8-12,15-16,23H,7,13-14,17-18H2,1-6H3,(H2,26,27,28);1H. The number of guanidine groups is 1. The third kappa shape index (κ3) is 9.77. The number of hydrogen-bond donors (Lipinski definition) is 2. The van der Waals surface area contributed by atoms with Crippen molar-refractivity contribution in [3.8, 4) is 11.5 Å². The molecule has 2 aromatic carbocycles. The molecule has 0 radical (unpaired) electrons. The van der Waals surface area contributed by atoms with Crippen molar-refractivity contribution in [1.29, 1.82) is 0 Å². The third-order valence-corrected chi connectivity index (χ3v) is 5.08. The largest absolute Gasteiger partial charge is 0.497 e. The Morgan fingerprint density at radius 1 is 1.06 bits per heavy atom. The maximum Gasteiger partial charge on any atom is 0.191 e. The molecular weight excluding hydrogens is 531 g/mol. The van der Waals surface area contributed by atoms with E-state index in [0.717, 1.165) is 35.1 Å². The van der Waals surface area contributed by atoms with E-state index >= 15 is 0 Å². The Bertz CT molecular complexity index is 861. The number of benzene rings is 2. The van der Waals surface area contributed by atoms with Gasteiger partial charge in [-0.05, 0) is 57.3 Å². The van der Waals surface area contributed by atoms with E-state index in [2.05, 4.69) is 67.7 Å². The van der Waals surface area contributed by atoms with Gasteiger partial charge in [0, 0.05) is 25.8 Å². The molecule has 0 aromatic heterocycles. The first-order chi connectivity index (χ1) is 15.5. The number of methoxy groups -OCH3 is 2. The van der Waals surface area contributed by atoms with Crippen molar-refractivity contribution in [3.63, 3.8) is 0 Å². The minimum atomic E-state index is 0. The predicted molar refractivity (Wildman–Crippen MR) is 146 cm³/mol. The number of aliphatic imine (C=N–C) groups is 1. The van der Waals surface area contributed by atoms with E-state index in [1.165, 1.54) is 5.56 Å². The van der Waals surface area contributed by atoms with Crippen LogP contribution in [0.1, 0.15) is 29.7 Å². The zero-order valence-corrected chi connectivity index (χ0v) is 23.0. The molecule has 0 aliphatic heterocycles. The van der Waals surface area contributed by atoms with Gasteiger partial charge in [0.2, 0.25) is 0 Å². The lowest BCUT2D eigenvalue weighted by Crippen LogP contribution is -2.41. The second-order valence-corrected chi connectivity index (χ2v) is 7.78. The van der Waals surface area contributed by atoms with Gasteiger partial charge in [-0.25, -0.2) is 4.99 Å². The highest BCUT2D eigenvalue weighted by molar-refractivity contribution is 14.0. The van der Waals surface area contributed by atoms with Crippen LogP contribution in [0, 0.1) is 6.92 Å². The van der Waals surface area contributed by atoms with Crippen LogP contribution < -0.4 is 20.1 Å². The van der Waals surface area contributed by atoms with Crippen LogP contribution >= 0.6 is 24.0 Å². The van der Waals surface area contributed by atoms with Crippen LogP contribution in [-0.2, 0) is 11.3 Å². The summed E-state index contributed by atoms with van der Waals surface area (Å²) in [7, 11) is 7.51. The molecule has 7 nitrogen and oxygen atoms in total. The summed E-state index contributed by atoms with van der Waals surface area (Å²) >= 11 is 0. The van der Waals surface area contributed by atoms with Crippen molar-refractivity contribution in [1.82, 2.24) is 15.5 Å². The summed E-state index contributed by atoms with van der Waals surface area (Å²) in [6.45, 7) is 7.19. The van der Waals surface area contributed by atoms with Crippen LogP contribution in [0.4, 0.5) is 0 Å². The average molecular weight is 571 g/mol. The highest BCUT2D eigenvalue weighted by Crippen LogP contribution is 2.23. The summed E-state index contributed by atoms with van der Waals surface area (Å²) in [5, 5.41) is 6.83. The molecule has 0 bridgehead atoms. The first-order valence-electron chi connectivity index (χ1n) is 11.0. The Labute approximate surface area is 215 Å². The van der Waals surface area contributed by atoms with E-state index in [4.69, 9.17) is 19.2 Å². The number of nitrogens with zero attached hydrogens (tertiary/aromatic N) is 2. The molecule has 0 fully saturated rings. The predicted octanol–water partition coefficient (Wildman–Crippen LogP) is 4.00. The molecule has 8 heteroatoms. The quantitative estimate of drug-likeness (QED) is 0.174. The van der Waals surface area contributed by atoms with E-state index < -0.39 is 0 Å². The van der Waals surface area contributed by atoms with Crippen LogP contribution in [0.25, 0.3) is 0 Å². The second-order valence-electron chi connectivity index (χ2n) is 7.78. The van der Waals surface area contributed by atoms with E-state index in [1.54, 1.807) is 14.2 Å². The molecule has 0 spiro atoms. The Morgan fingerprint density at radius 3 is 2.52 bits per heavy atom. The van der Waals surface area contributed by atoms with Crippen molar-refractivity contribution >= 4 is 29.9 Å². The molecule has 2 N–H and O–H groups in total. The fraction of sp³-hybridized carbons (Fsp3) is 0.480. The Balaban J connectivity index is 0.00000544. The molecule has 1 unspecified atom stereocenters. The maximum atomic E-state index is 5.91. The lowest BCUT2D eigenvalue weighted by Gasteiger charge is -2.26. The van der Waals surface area contributed by atoms with Gasteiger partial charge in [0.25, 0.3) is 0 Å². The molecule has 184 valence electrons. The van der Waals surface area contributed by atoms with E-state index in [-0.39, 0.29) is 30.0 Å². The highest BCUT2D eigenvalue weighted by atomic mass is 127. The molecule has 0 aliphatic carbocycles. The molecule has 2 aromatic rings. The molecule has 0 aliphatic rings. The third-order valence-electron chi connectivity index (χ3n) is 5.08. The first-order valence-corrected chi connectivity index (χ1v) is 11.0. The number of nitrogens with one attached hydrogen (secondary N) is 2. The normalized spacial score (nSPS) is 12.2. The van der Waals surface area contributed by atoms with Crippen LogP contribution in [0.2, 0.25) is 0 Å². The minimum absolute atomic E-state index is 0. The monoisotopic (exact) mass is 570 g/mol. The van der Waals surface area contributed by atoms with Gasteiger partial charge in [-0.1, -0.05) is 24.3 Å². The highest BCUT2D eigenvalue weighted by Gasteiger charge is 2.15. The molecular formula is C25H39IN4O3. The van der Waals surface area contributed by atoms with Crippen molar-refractivity contribution < 1.29 is 14.2 Å².